The second kappa shape index (κ2) is 11.9. The summed E-state index contributed by atoms with van der Waals surface area (Å²) in [6.07, 6.45) is 2.81. The van der Waals surface area contributed by atoms with E-state index in [-0.39, 0.29) is 19.1 Å². The number of para-hydroxylation sites is 3. The topological polar surface area (TPSA) is 114 Å². The van der Waals surface area contributed by atoms with Crippen molar-refractivity contribution in [2.45, 2.75) is 25.0 Å². The number of hydrogen-bond acceptors (Lipinski definition) is 6. The van der Waals surface area contributed by atoms with Gasteiger partial charge in [-0.2, -0.15) is 0 Å². The average Bonchev–Trinajstić information content (AvgIpc) is 2.73. The molecule has 0 saturated carbocycles. The van der Waals surface area contributed by atoms with Crippen molar-refractivity contribution in [2.24, 2.45) is 0 Å². The molecule has 0 aliphatic heterocycles. The van der Waals surface area contributed by atoms with Gasteiger partial charge in [-0.3, -0.25) is 4.79 Å². The van der Waals surface area contributed by atoms with Crippen molar-refractivity contribution in [3.8, 4) is 5.75 Å². The van der Waals surface area contributed by atoms with Gasteiger partial charge in [0, 0.05) is 12.7 Å². The Balaban J connectivity index is 1.90. The Morgan fingerprint density at radius 2 is 1.93 bits per heavy atom. The fourth-order valence-electron chi connectivity index (χ4n) is 2.85. The summed E-state index contributed by atoms with van der Waals surface area (Å²) in [6, 6.07) is 14.1. The quantitative estimate of drug-likeness (QED) is 0.341. The van der Waals surface area contributed by atoms with E-state index in [1.807, 2.05) is 0 Å². The van der Waals surface area contributed by atoms with E-state index in [1.54, 1.807) is 54.6 Å². The van der Waals surface area contributed by atoms with E-state index in [0.717, 1.165) is 0 Å². The first-order valence-electron chi connectivity index (χ1n) is 9.42. The molecule has 0 radical (unpaired) electrons. The van der Waals surface area contributed by atoms with Gasteiger partial charge in [-0.15, -0.1) is 0 Å². The van der Waals surface area contributed by atoms with Gasteiger partial charge in [0.2, 0.25) is 5.91 Å². The van der Waals surface area contributed by atoms with Gasteiger partial charge in [0.25, 0.3) is 0 Å². The van der Waals surface area contributed by atoms with Crippen LogP contribution in [0.15, 0.2) is 60.7 Å². The Hall–Kier alpha value is -2.87. The Morgan fingerprint density at radius 3 is 2.66 bits per heavy atom. The zero-order chi connectivity index (χ0) is 21.1. The SMILES string of the molecule is CO[C@@H](CC/C=C/C(=O)Nc1ccccc1N)[C@@H](O)c1ccccc1OCCO. The summed E-state index contributed by atoms with van der Waals surface area (Å²) in [5.41, 5.74) is 7.46. The standard InChI is InChI=1S/C22H28N2O5/c1-28-20(22(27)16-8-2-5-11-19(16)29-15-14-25)12-6-7-13-21(26)24-18-10-4-3-9-17(18)23/h2-5,7-11,13,20,22,25,27H,6,12,14-15,23H2,1H3,(H,24,26)/b13-7+/t20-,22-/m0/s1. The molecular formula is C22H28N2O5. The first-order valence-corrected chi connectivity index (χ1v) is 9.42. The van der Waals surface area contributed by atoms with E-state index in [9.17, 15) is 9.90 Å². The van der Waals surface area contributed by atoms with Gasteiger partial charge in [-0.25, -0.2) is 0 Å². The van der Waals surface area contributed by atoms with Crippen LogP contribution < -0.4 is 15.8 Å². The highest BCUT2D eigenvalue weighted by Gasteiger charge is 2.23. The van der Waals surface area contributed by atoms with Crippen molar-refractivity contribution < 1.29 is 24.5 Å². The van der Waals surface area contributed by atoms with Crippen molar-refractivity contribution >= 4 is 17.3 Å². The lowest BCUT2D eigenvalue weighted by Gasteiger charge is -2.23. The zero-order valence-electron chi connectivity index (χ0n) is 16.5. The van der Waals surface area contributed by atoms with Gasteiger partial charge in [0.05, 0.1) is 24.1 Å². The smallest absolute Gasteiger partial charge is 0.248 e. The predicted molar refractivity (Wildman–Crippen MR) is 113 cm³/mol. The molecule has 0 heterocycles. The number of carbonyl (C=O) groups is 1. The van der Waals surface area contributed by atoms with Crippen molar-refractivity contribution in [3.05, 3.63) is 66.2 Å². The summed E-state index contributed by atoms with van der Waals surface area (Å²) in [7, 11) is 1.53. The number of anilines is 2. The second-order valence-electron chi connectivity index (χ2n) is 6.39. The number of rotatable bonds is 11. The van der Waals surface area contributed by atoms with Crippen molar-refractivity contribution in [1.29, 1.82) is 0 Å². The van der Waals surface area contributed by atoms with Crippen LogP contribution in [0.2, 0.25) is 0 Å². The Labute approximate surface area is 170 Å². The first kappa shape index (κ1) is 22.4. The maximum atomic E-state index is 12.0. The average molecular weight is 400 g/mol. The third-order valence-electron chi connectivity index (χ3n) is 4.35. The highest BCUT2D eigenvalue weighted by Crippen LogP contribution is 2.30. The molecule has 7 nitrogen and oxygen atoms in total. The lowest BCUT2D eigenvalue weighted by molar-refractivity contribution is -0.111. The minimum Gasteiger partial charge on any atom is -0.491 e. The lowest BCUT2D eigenvalue weighted by atomic mass is 9.99. The van der Waals surface area contributed by atoms with Gasteiger partial charge >= 0.3 is 0 Å². The van der Waals surface area contributed by atoms with E-state index >= 15 is 0 Å². The van der Waals surface area contributed by atoms with E-state index in [1.165, 1.54) is 13.2 Å². The summed E-state index contributed by atoms with van der Waals surface area (Å²) >= 11 is 0. The number of nitrogens with two attached hydrogens (primary N) is 1. The maximum absolute atomic E-state index is 12.0. The third-order valence-corrected chi connectivity index (χ3v) is 4.35. The number of aliphatic hydroxyl groups is 2. The van der Waals surface area contributed by atoms with Crippen LogP contribution in [0.25, 0.3) is 0 Å². The van der Waals surface area contributed by atoms with Crippen molar-refractivity contribution in [1.82, 2.24) is 0 Å². The molecule has 7 heteroatoms. The molecule has 156 valence electrons. The van der Waals surface area contributed by atoms with E-state index in [2.05, 4.69) is 5.32 Å². The first-order chi connectivity index (χ1) is 14.1. The number of allylic oxidation sites excluding steroid dienone is 1. The molecule has 1 amide bonds. The number of hydrogen-bond donors (Lipinski definition) is 4. The molecule has 2 atom stereocenters. The summed E-state index contributed by atoms with van der Waals surface area (Å²) in [4.78, 5) is 12.0. The molecule has 0 spiro atoms. The van der Waals surface area contributed by atoms with Crippen LogP contribution in [0.4, 0.5) is 11.4 Å². The molecule has 0 unspecified atom stereocenters. The maximum Gasteiger partial charge on any atom is 0.248 e. The molecule has 0 bridgehead atoms. The number of nitrogen functional groups attached to an aromatic ring is 1. The van der Waals surface area contributed by atoms with Crippen LogP contribution in [0.3, 0.4) is 0 Å². The molecule has 2 aromatic rings. The highest BCUT2D eigenvalue weighted by molar-refractivity contribution is 6.01. The van der Waals surface area contributed by atoms with Crippen LogP contribution in [0, 0.1) is 0 Å². The van der Waals surface area contributed by atoms with Gasteiger partial charge in [0.15, 0.2) is 0 Å². The molecule has 29 heavy (non-hydrogen) atoms. The van der Waals surface area contributed by atoms with Gasteiger partial charge in [-0.1, -0.05) is 36.4 Å². The number of benzene rings is 2. The van der Waals surface area contributed by atoms with Crippen LogP contribution in [-0.4, -0.2) is 42.5 Å². The lowest BCUT2D eigenvalue weighted by Crippen LogP contribution is -2.21. The van der Waals surface area contributed by atoms with Gasteiger partial charge < -0.3 is 30.7 Å². The van der Waals surface area contributed by atoms with Gasteiger partial charge in [0.1, 0.15) is 18.5 Å². The third kappa shape index (κ3) is 6.90. The molecule has 2 rings (SSSR count). The Morgan fingerprint density at radius 1 is 1.21 bits per heavy atom. The summed E-state index contributed by atoms with van der Waals surface area (Å²) < 4.78 is 10.9. The minimum atomic E-state index is -0.902. The molecular weight excluding hydrogens is 372 g/mol. The monoisotopic (exact) mass is 400 g/mol. The fourth-order valence-corrected chi connectivity index (χ4v) is 2.85. The van der Waals surface area contributed by atoms with Crippen LogP contribution >= 0.6 is 0 Å². The van der Waals surface area contributed by atoms with Crippen LogP contribution in [0.5, 0.6) is 5.75 Å². The summed E-state index contributed by atoms with van der Waals surface area (Å²) in [5, 5.41) is 22.4. The number of aliphatic hydroxyl groups excluding tert-OH is 2. The number of carbonyl (C=O) groups excluding carboxylic acids is 1. The second-order valence-corrected chi connectivity index (χ2v) is 6.39. The highest BCUT2D eigenvalue weighted by atomic mass is 16.5. The number of methoxy groups -OCH3 is 1. The molecule has 0 aliphatic rings. The molecule has 0 aliphatic carbocycles. The molecule has 0 saturated heterocycles. The fraction of sp³-hybridized carbons (Fsp3) is 0.318. The van der Waals surface area contributed by atoms with Crippen molar-refractivity contribution in [3.63, 3.8) is 0 Å². The Kier molecular flexibility index (Phi) is 9.17. The minimum absolute atomic E-state index is 0.111. The number of amides is 1. The molecule has 5 N–H and O–H groups in total. The largest absolute Gasteiger partial charge is 0.491 e. The van der Waals surface area contributed by atoms with Gasteiger partial charge in [-0.05, 0) is 37.1 Å². The zero-order valence-corrected chi connectivity index (χ0v) is 16.5. The normalized spacial score (nSPS) is 13.2. The number of ether oxygens (including phenoxy) is 2. The predicted octanol–water partition coefficient (Wildman–Crippen LogP) is 2.66. The van der Waals surface area contributed by atoms with Crippen molar-refractivity contribution in [2.75, 3.05) is 31.4 Å². The molecule has 0 aromatic heterocycles. The molecule has 0 fully saturated rings. The van der Waals surface area contributed by atoms with Crippen LogP contribution in [-0.2, 0) is 9.53 Å². The molecule has 2 aromatic carbocycles. The number of nitrogens with one attached hydrogen (secondary N) is 1. The summed E-state index contributed by atoms with van der Waals surface area (Å²) in [5.74, 6) is 0.228. The van der Waals surface area contributed by atoms with E-state index < -0.39 is 12.2 Å². The van der Waals surface area contributed by atoms with E-state index in [0.29, 0.717) is 35.5 Å². The van der Waals surface area contributed by atoms with E-state index in [4.69, 9.17) is 20.3 Å². The summed E-state index contributed by atoms with van der Waals surface area (Å²) in [6.45, 7) is 0.0325. The Bertz CT molecular complexity index is 809. The van der Waals surface area contributed by atoms with Crippen LogP contribution in [0.1, 0.15) is 24.5 Å².